The number of amides is 5. The predicted octanol–water partition coefficient (Wildman–Crippen LogP) is -0.0321. The van der Waals surface area contributed by atoms with Crippen molar-refractivity contribution in [2.24, 2.45) is 0 Å². The number of rotatable bonds is 10. The first kappa shape index (κ1) is 27.1. The van der Waals surface area contributed by atoms with E-state index < -0.39 is 17.8 Å². The third-order valence-electron chi connectivity index (χ3n) is 7.46. The van der Waals surface area contributed by atoms with E-state index in [1.165, 1.54) is 19.2 Å². The molecule has 39 heavy (non-hydrogen) atoms. The van der Waals surface area contributed by atoms with E-state index in [1.54, 1.807) is 42.3 Å². The average molecular weight is 559 g/mol. The van der Waals surface area contributed by atoms with E-state index in [-0.39, 0.29) is 30.2 Å². The summed E-state index contributed by atoms with van der Waals surface area (Å²) in [5, 5.41) is 13.4. The molecule has 14 heteroatoms. The molecule has 1 aromatic rings. The van der Waals surface area contributed by atoms with E-state index in [0.717, 1.165) is 34.1 Å². The number of carbonyl (C=O) groups is 4. The van der Waals surface area contributed by atoms with Crippen molar-refractivity contribution < 1.29 is 48.8 Å². The van der Waals surface area contributed by atoms with Gasteiger partial charge in [0.1, 0.15) is 5.57 Å². The topological polar surface area (TPSA) is 156 Å². The van der Waals surface area contributed by atoms with Gasteiger partial charge < -0.3 is 20.6 Å². The molecule has 0 saturated carbocycles. The van der Waals surface area contributed by atoms with E-state index in [4.69, 9.17) is 4.74 Å². The maximum Gasteiger partial charge on any atom is 0.378 e. The molecule has 1 spiro atoms. The Bertz CT molecular complexity index is 1330. The molecule has 5 amide bonds. The summed E-state index contributed by atoms with van der Waals surface area (Å²) in [4.78, 5) is 54.6. The van der Waals surface area contributed by atoms with Crippen molar-refractivity contribution in [2.75, 3.05) is 32.1 Å². The number of fused-ring (bicyclic) bond motifs is 1. The maximum absolute atomic E-state index is 13.0. The van der Waals surface area contributed by atoms with Gasteiger partial charge in [-0.05, 0) is 43.2 Å². The molecular weight excluding hydrogens is 530 g/mol. The number of anilines is 1. The SMILES string of the molecule is CN1C(=O)C(=CC=CC=C2Oc3ccc(SOO[O-])cc3N2C)C(=O)N(CCCCC2C(=O)[N+]23CC3[NH3+])C1=O. The minimum atomic E-state index is -0.674. The van der Waals surface area contributed by atoms with Crippen LogP contribution in [0.15, 0.2) is 58.9 Å². The number of likely N-dealkylation sites (N-methyl/N-ethyl adjacent to an activating group) is 1. The largest absolute Gasteiger partial charge is 0.691 e. The van der Waals surface area contributed by atoms with Gasteiger partial charge in [0.25, 0.3) is 18.0 Å². The molecule has 3 fully saturated rings. The lowest BCUT2D eigenvalue weighted by Crippen LogP contribution is -2.56. The highest BCUT2D eigenvalue weighted by Gasteiger charge is 2.84. The Hall–Kier alpha value is -3.53. The fourth-order valence-electron chi connectivity index (χ4n) is 5.09. The van der Waals surface area contributed by atoms with Crippen LogP contribution in [0.5, 0.6) is 5.75 Å². The van der Waals surface area contributed by atoms with Gasteiger partial charge in [0.15, 0.2) is 18.2 Å². The molecule has 0 bridgehead atoms. The summed E-state index contributed by atoms with van der Waals surface area (Å²) in [6, 6.07) is 4.53. The lowest BCUT2D eigenvalue weighted by Gasteiger charge is -2.31. The molecule has 3 atom stereocenters. The summed E-state index contributed by atoms with van der Waals surface area (Å²) >= 11 is 0.770. The summed E-state index contributed by atoms with van der Waals surface area (Å²) in [5.41, 5.74) is 4.58. The molecule has 0 radical (unpaired) electrons. The third-order valence-corrected chi connectivity index (χ3v) is 8.03. The lowest BCUT2D eigenvalue weighted by atomic mass is 10.1. The van der Waals surface area contributed by atoms with Gasteiger partial charge in [0.05, 0.1) is 17.7 Å². The number of nitrogens with zero attached hydrogens (tertiary/aromatic N) is 4. The number of benzene rings is 1. The second-order valence-corrected chi connectivity index (χ2v) is 10.5. The average Bonchev–Trinajstić information content (AvgIpc) is 3.71. The van der Waals surface area contributed by atoms with E-state index in [2.05, 4.69) is 15.1 Å². The quantitative estimate of drug-likeness (QED) is 0.0604. The number of urea groups is 1. The van der Waals surface area contributed by atoms with Gasteiger partial charge in [0.2, 0.25) is 6.04 Å². The van der Waals surface area contributed by atoms with Crippen LogP contribution in [0.4, 0.5) is 10.5 Å². The van der Waals surface area contributed by atoms with E-state index in [9.17, 15) is 24.4 Å². The van der Waals surface area contributed by atoms with Gasteiger partial charge in [-0.2, -0.15) is 8.82 Å². The summed E-state index contributed by atoms with van der Waals surface area (Å²) in [5.74, 6) is 0.00199. The zero-order valence-corrected chi connectivity index (χ0v) is 22.2. The zero-order valence-electron chi connectivity index (χ0n) is 21.4. The van der Waals surface area contributed by atoms with Gasteiger partial charge in [-0.3, -0.25) is 24.4 Å². The maximum atomic E-state index is 13.0. The Morgan fingerprint density at radius 3 is 2.56 bits per heavy atom. The number of unbranched alkanes of at least 4 members (excludes halogenated alkanes) is 1. The van der Waals surface area contributed by atoms with Gasteiger partial charge in [0, 0.05) is 32.0 Å². The molecule has 13 nitrogen and oxygen atoms in total. The van der Waals surface area contributed by atoms with Crippen LogP contribution >= 0.6 is 12.0 Å². The Morgan fingerprint density at radius 1 is 1.13 bits per heavy atom. The van der Waals surface area contributed by atoms with Crippen molar-refractivity contribution in [3.8, 4) is 5.75 Å². The van der Waals surface area contributed by atoms with Crippen LogP contribution in [0.1, 0.15) is 19.3 Å². The highest BCUT2D eigenvalue weighted by Crippen LogP contribution is 2.47. The highest BCUT2D eigenvalue weighted by molar-refractivity contribution is 7.94. The van der Waals surface area contributed by atoms with Gasteiger partial charge >= 0.3 is 11.9 Å². The molecule has 5 rings (SSSR count). The van der Waals surface area contributed by atoms with E-state index in [0.29, 0.717) is 40.3 Å². The number of imide groups is 2. The Morgan fingerprint density at radius 2 is 1.87 bits per heavy atom. The summed E-state index contributed by atoms with van der Waals surface area (Å²) in [6.07, 6.45) is 8.29. The zero-order chi connectivity index (χ0) is 27.9. The monoisotopic (exact) mass is 558 g/mol. The van der Waals surface area contributed by atoms with Crippen molar-refractivity contribution in [1.82, 2.24) is 9.80 Å². The van der Waals surface area contributed by atoms with Crippen molar-refractivity contribution in [1.29, 1.82) is 0 Å². The van der Waals surface area contributed by atoms with Crippen LogP contribution < -0.4 is 20.6 Å². The second-order valence-electron chi connectivity index (χ2n) is 9.70. The summed E-state index contributed by atoms with van der Waals surface area (Å²) in [6.45, 7) is 0.973. The fraction of sp³-hybridized carbons (Fsp3) is 0.360. The van der Waals surface area contributed by atoms with Crippen LogP contribution in [0.2, 0.25) is 0 Å². The number of allylic oxidation sites excluding steroid dienone is 4. The first-order valence-corrected chi connectivity index (χ1v) is 13.1. The van der Waals surface area contributed by atoms with Crippen LogP contribution in [0, 0.1) is 0 Å². The molecular formula is C25H28N5O8S+. The number of quaternary nitrogens is 2. The molecule has 206 valence electrons. The lowest BCUT2D eigenvalue weighted by molar-refractivity contribution is -0.777. The van der Waals surface area contributed by atoms with Gasteiger partial charge in [-0.25, -0.2) is 9.59 Å². The van der Waals surface area contributed by atoms with Crippen molar-refractivity contribution in [2.45, 2.75) is 36.4 Å². The van der Waals surface area contributed by atoms with Crippen LogP contribution in [-0.4, -0.2) is 77.4 Å². The number of hydrogen-bond donors (Lipinski definition) is 1. The molecule has 0 aromatic heterocycles. The predicted molar refractivity (Wildman–Crippen MR) is 133 cm³/mol. The van der Waals surface area contributed by atoms with Crippen molar-refractivity contribution >= 4 is 41.5 Å². The molecule has 4 aliphatic heterocycles. The van der Waals surface area contributed by atoms with Crippen LogP contribution in [0.3, 0.4) is 0 Å². The second kappa shape index (κ2) is 10.6. The third kappa shape index (κ3) is 4.86. The molecule has 4 heterocycles. The Labute approximate surface area is 228 Å². The van der Waals surface area contributed by atoms with Gasteiger partial charge in [-0.1, -0.05) is 12.2 Å². The van der Waals surface area contributed by atoms with Gasteiger partial charge in [-0.15, -0.1) is 0 Å². The molecule has 1 aromatic carbocycles. The first-order chi connectivity index (χ1) is 18.7. The standard InChI is InChI=1S/C25H27N5O8S/c1-27-17-13-15(39-38-37-35)10-11-19(17)36-21(27)9-4-3-7-16-22(31)28(2)25(34)29(23(16)32)12-6-5-8-18-24(33)30(18)14-20(30)26/h3-4,7,9-11,13,18,20H,5-6,8,12,14,26H2,1-2H3/p+1. The van der Waals surface area contributed by atoms with E-state index >= 15 is 0 Å². The highest BCUT2D eigenvalue weighted by atomic mass is 32.2. The Kier molecular flexibility index (Phi) is 7.33. The Balaban J connectivity index is 1.19. The van der Waals surface area contributed by atoms with Crippen molar-refractivity contribution in [3.63, 3.8) is 0 Å². The van der Waals surface area contributed by atoms with Crippen LogP contribution in [0.25, 0.3) is 0 Å². The molecule has 3 saturated heterocycles. The number of hydrogen-bond acceptors (Lipinski definition) is 10. The summed E-state index contributed by atoms with van der Waals surface area (Å²) < 4.78 is 10.7. The number of barbiturate groups is 1. The molecule has 0 aliphatic carbocycles. The van der Waals surface area contributed by atoms with Crippen molar-refractivity contribution in [3.05, 3.63) is 54.0 Å². The smallest absolute Gasteiger partial charge is 0.378 e. The minimum absolute atomic E-state index is 0.00304. The molecule has 3 N–H and O–H groups in total. The first-order valence-electron chi connectivity index (χ1n) is 12.4. The number of ether oxygens (including phenoxy) is 1. The number of carbonyl (C=O) groups excluding carboxylic acids is 4. The normalized spacial score (nSPS) is 27.9. The van der Waals surface area contributed by atoms with E-state index in [1.807, 2.05) is 0 Å². The molecule has 4 aliphatic rings. The molecule has 3 unspecified atom stereocenters. The fourth-order valence-corrected chi connectivity index (χ4v) is 5.48. The summed E-state index contributed by atoms with van der Waals surface area (Å²) in [7, 11) is 3.13. The van der Waals surface area contributed by atoms with Crippen LogP contribution in [-0.2, 0) is 23.8 Å². The minimum Gasteiger partial charge on any atom is -0.691 e.